The molecule has 0 bridgehead atoms. The highest BCUT2D eigenvalue weighted by molar-refractivity contribution is 6.30. The topological polar surface area (TPSA) is 54.0 Å². The first-order chi connectivity index (χ1) is 10.1. The Kier molecular flexibility index (Phi) is 4.95. The van der Waals surface area contributed by atoms with Gasteiger partial charge < -0.3 is 10.6 Å². The molecular formula is C16H16ClN3O. The zero-order valence-electron chi connectivity index (χ0n) is 11.7. The van der Waals surface area contributed by atoms with Crippen LogP contribution in [0.25, 0.3) is 0 Å². The molecule has 4 nitrogen and oxygen atoms in total. The molecule has 1 aromatic heterocycles. The number of pyridine rings is 1. The fourth-order valence-corrected chi connectivity index (χ4v) is 1.94. The molecule has 0 spiro atoms. The van der Waals surface area contributed by atoms with E-state index in [0.29, 0.717) is 17.3 Å². The fourth-order valence-electron chi connectivity index (χ4n) is 1.77. The van der Waals surface area contributed by atoms with Crippen molar-refractivity contribution in [2.75, 3.05) is 11.9 Å². The normalized spacial score (nSPS) is 10.0. The van der Waals surface area contributed by atoms with Crippen LogP contribution in [0, 0.1) is 6.92 Å². The third kappa shape index (κ3) is 4.07. The summed E-state index contributed by atoms with van der Waals surface area (Å²) in [6.07, 6.45) is 3.21. The average molecular weight is 302 g/mol. The van der Waals surface area contributed by atoms with Crippen LogP contribution in [0.4, 0.5) is 11.4 Å². The summed E-state index contributed by atoms with van der Waals surface area (Å²) in [5.41, 5.74) is 3.08. The number of halogens is 1. The summed E-state index contributed by atoms with van der Waals surface area (Å²) in [6, 6.07) is 9.10. The van der Waals surface area contributed by atoms with Crippen LogP contribution in [0.5, 0.6) is 0 Å². The standard InChI is InChI=1S/C16H16ClN3O/c1-3-7-19-16(21)15-10-13(6-8-18-15)20-14-9-12(17)5-4-11(14)2/h3-6,8-10H,1,7H2,2H3,(H,18,20)(H,19,21). The van der Waals surface area contributed by atoms with Gasteiger partial charge in [-0.1, -0.05) is 23.7 Å². The number of carbonyl (C=O) groups excluding carboxylic acids is 1. The van der Waals surface area contributed by atoms with E-state index >= 15 is 0 Å². The minimum atomic E-state index is -0.235. The van der Waals surface area contributed by atoms with Gasteiger partial charge in [-0.25, -0.2) is 0 Å². The van der Waals surface area contributed by atoms with Crippen molar-refractivity contribution in [3.05, 3.63) is 65.5 Å². The minimum absolute atomic E-state index is 0.235. The lowest BCUT2D eigenvalue weighted by molar-refractivity contribution is 0.0953. The molecule has 2 N–H and O–H groups in total. The lowest BCUT2D eigenvalue weighted by Crippen LogP contribution is -2.24. The summed E-state index contributed by atoms with van der Waals surface area (Å²) in [7, 11) is 0. The first kappa shape index (κ1) is 15.1. The van der Waals surface area contributed by atoms with E-state index in [4.69, 9.17) is 11.6 Å². The van der Waals surface area contributed by atoms with Crippen LogP contribution in [0.1, 0.15) is 16.1 Å². The number of benzene rings is 1. The van der Waals surface area contributed by atoms with Crippen molar-refractivity contribution in [3.8, 4) is 0 Å². The predicted molar refractivity (Wildman–Crippen MR) is 86.2 cm³/mol. The van der Waals surface area contributed by atoms with E-state index in [2.05, 4.69) is 22.2 Å². The monoisotopic (exact) mass is 301 g/mol. The van der Waals surface area contributed by atoms with Gasteiger partial charge in [0.25, 0.3) is 5.91 Å². The van der Waals surface area contributed by atoms with Crippen molar-refractivity contribution in [1.82, 2.24) is 10.3 Å². The Morgan fingerprint density at radius 3 is 2.95 bits per heavy atom. The number of amides is 1. The molecule has 2 aromatic rings. The maximum absolute atomic E-state index is 11.9. The third-order valence-corrected chi connectivity index (χ3v) is 3.11. The highest BCUT2D eigenvalue weighted by Gasteiger charge is 2.07. The number of nitrogens with one attached hydrogen (secondary N) is 2. The van der Waals surface area contributed by atoms with E-state index < -0.39 is 0 Å². The van der Waals surface area contributed by atoms with Gasteiger partial charge in [0.2, 0.25) is 0 Å². The lowest BCUT2D eigenvalue weighted by atomic mass is 10.2. The van der Waals surface area contributed by atoms with E-state index in [1.807, 2.05) is 25.1 Å². The van der Waals surface area contributed by atoms with Gasteiger partial charge in [-0.3, -0.25) is 9.78 Å². The molecule has 0 radical (unpaired) electrons. The molecule has 0 unspecified atom stereocenters. The number of anilines is 2. The molecule has 1 heterocycles. The molecule has 0 aliphatic heterocycles. The van der Waals surface area contributed by atoms with Gasteiger partial charge in [-0.2, -0.15) is 0 Å². The second kappa shape index (κ2) is 6.90. The van der Waals surface area contributed by atoms with Gasteiger partial charge in [0.15, 0.2) is 0 Å². The summed E-state index contributed by atoms with van der Waals surface area (Å²) in [5, 5.41) is 6.59. The van der Waals surface area contributed by atoms with Gasteiger partial charge in [-0.05, 0) is 36.8 Å². The van der Waals surface area contributed by atoms with Crippen molar-refractivity contribution < 1.29 is 4.79 Å². The van der Waals surface area contributed by atoms with Crippen LogP contribution < -0.4 is 10.6 Å². The van der Waals surface area contributed by atoms with Gasteiger partial charge in [0.1, 0.15) is 5.69 Å². The quantitative estimate of drug-likeness (QED) is 0.828. The summed E-state index contributed by atoms with van der Waals surface area (Å²) < 4.78 is 0. The smallest absolute Gasteiger partial charge is 0.270 e. The Labute approximate surface area is 128 Å². The van der Waals surface area contributed by atoms with Gasteiger partial charge in [0, 0.05) is 29.1 Å². The number of aromatic nitrogens is 1. The second-order valence-electron chi connectivity index (χ2n) is 4.51. The molecule has 0 atom stereocenters. The largest absolute Gasteiger partial charge is 0.355 e. The molecule has 0 aliphatic carbocycles. The summed E-state index contributed by atoms with van der Waals surface area (Å²) >= 11 is 6.00. The van der Waals surface area contributed by atoms with E-state index in [1.54, 1.807) is 24.4 Å². The van der Waals surface area contributed by atoms with Crippen molar-refractivity contribution in [1.29, 1.82) is 0 Å². The van der Waals surface area contributed by atoms with Crippen LogP contribution in [0.2, 0.25) is 5.02 Å². The Morgan fingerprint density at radius 2 is 2.19 bits per heavy atom. The molecule has 0 saturated heterocycles. The first-order valence-electron chi connectivity index (χ1n) is 6.48. The van der Waals surface area contributed by atoms with E-state index in [1.165, 1.54) is 0 Å². The van der Waals surface area contributed by atoms with Crippen LogP contribution in [-0.4, -0.2) is 17.4 Å². The van der Waals surface area contributed by atoms with Gasteiger partial charge >= 0.3 is 0 Å². The highest BCUT2D eigenvalue weighted by Crippen LogP contribution is 2.24. The first-order valence-corrected chi connectivity index (χ1v) is 6.86. The number of nitrogens with zero attached hydrogens (tertiary/aromatic N) is 1. The maximum Gasteiger partial charge on any atom is 0.270 e. The molecule has 0 aliphatic rings. The van der Waals surface area contributed by atoms with Crippen molar-refractivity contribution in [2.24, 2.45) is 0 Å². The molecule has 108 valence electrons. The van der Waals surface area contributed by atoms with Crippen LogP contribution in [0.15, 0.2) is 49.2 Å². The molecule has 0 saturated carbocycles. The maximum atomic E-state index is 11.9. The molecule has 21 heavy (non-hydrogen) atoms. The molecule has 1 amide bonds. The van der Waals surface area contributed by atoms with Crippen LogP contribution in [0.3, 0.4) is 0 Å². The Morgan fingerprint density at radius 1 is 1.38 bits per heavy atom. The minimum Gasteiger partial charge on any atom is -0.355 e. The van der Waals surface area contributed by atoms with Crippen LogP contribution >= 0.6 is 11.6 Å². The summed E-state index contributed by atoms with van der Waals surface area (Å²) in [4.78, 5) is 15.9. The third-order valence-electron chi connectivity index (χ3n) is 2.88. The molecule has 5 heteroatoms. The van der Waals surface area contributed by atoms with Crippen molar-refractivity contribution in [3.63, 3.8) is 0 Å². The van der Waals surface area contributed by atoms with Crippen molar-refractivity contribution in [2.45, 2.75) is 6.92 Å². The predicted octanol–water partition coefficient (Wildman–Crippen LogP) is 3.70. The molecule has 1 aromatic carbocycles. The Balaban J connectivity index is 2.19. The number of carbonyl (C=O) groups is 1. The summed E-state index contributed by atoms with van der Waals surface area (Å²) in [6.45, 7) is 5.95. The SMILES string of the molecule is C=CCNC(=O)c1cc(Nc2cc(Cl)ccc2C)ccn1. The van der Waals surface area contributed by atoms with Gasteiger partial charge in [-0.15, -0.1) is 6.58 Å². The second-order valence-corrected chi connectivity index (χ2v) is 4.95. The average Bonchev–Trinajstić information content (AvgIpc) is 2.49. The Bertz CT molecular complexity index is 670. The molecule has 0 fully saturated rings. The van der Waals surface area contributed by atoms with E-state index in [0.717, 1.165) is 16.9 Å². The fraction of sp³-hybridized carbons (Fsp3) is 0.125. The Hall–Kier alpha value is -2.33. The number of hydrogen-bond acceptors (Lipinski definition) is 3. The van der Waals surface area contributed by atoms with Gasteiger partial charge in [0.05, 0.1) is 0 Å². The highest BCUT2D eigenvalue weighted by atomic mass is 35.5. The lowest BCUT2D eigenvalue weighted by Gasteiger charge is -2.11. The van der Waals surface area contributed by atoms with E-state index in [9.17, 15) is 4.79 Å². The van der Waals surface area contributed by atoms with Crippen LogP contribution in [-0.2, 0) is 0 Å². The molecule has 2 rings (SSSR count). The number of hydrogen-bond donors (Lipinski definition) is 2. The number of rotatable bonds is 5. The summed E-state index contributed by atoms with van der Waals surface area (Å²) in [5.74, 6) is -0.235. The van der Waals surface area contributed by atoms with E-state index in [-0.39, 0.29) is 5.91 Å². The van der Waals surface area contributed by atoms with Crippen molar-refractivity contribution >= 4 is 28.9 Å². The zero-order valence-corrected chi connectivity index (χ0v) is 12.4. The molecular weight excluding hydrogens is 286 g/mol. The number of aryl methyl sites for hydroxylation is 1. The zero-order chi connectivity index (χ0) is 15.2.